The first-order valence-corrected chi connectivity index (χ1v) is 14.7. The van der Waals surface area contributed by atoms with E-state index in [1.165, 1.54) is 6.42 Å². The molecule has 0 unspecified atom stereocenters. The van der Waals surface area contributed by atoms with Crippen molar-refractivity contribution in [2.45, 2.75) is 70.6 Å². The molecule has 1 atom stereocenters. The van der Waals surface area contributed by atoms with Crippen molar-refractivity contribution in [1.29, 1.82) is 0 Å². The molecule has 1 aliphatic carbocycles. The Hall–Kier alpha value is -2.04. The van der Waals surface area contributed by atoms with Crippen LogP contribution in [0.4, 0.5) is 10.6 Å². The quantitative estimate of drug-likeness (QED) is 0.424. The topological polar surface area (TPSA) is 80.3 Å². The molecule has 1 aromatic carbocycles. The average molecular weight is 611 g/mol. The van der Waals surface area contributed by atoms with Gasteiger partial charge >= 0.3 is 12.1 Å². The van der Waals surface area contributed by atoms with Gasteiger partial charge in [-0.15, -0.1) is 0 Å². The normalized spacial score (nSPS) is 21.1. The van der Waals surface area contributed by atoms with E-state index in [0.29, 0.717) is 65.6 Å². The predicted octanol–water partition coefficient (Wildman–Crippen LogP) is 5.51. The number of carbonyl (C=O) groups excluding carboxylic acids is 1. The van der Waals surface area contributed by atoms with Gasteiger partial charge in [0.05, 0.1) is 15.6 Å². The Morgan fingerprint density at radius 2 is 1.84 bits per heavy atom. The number of nitrogens with zero attached hydrogens (tertiary/aromatic N) is 5. The molecule has 1 amide bonds. The summed E-state index contributed by atoms with van der Waals surface area (Å²) < 4.78 is 18.9. The molecular formula is C27H37BrClN5O4. The molecule has 9 nitrogen and oxygen atoms in total. The number of hydrogen-bond acceptors (Lipinski definition) is 8. The van der Waals surface area contributed by atoms with Gasteiger partial charge in [0, 0.05) is 37.6 Å². The number of fused-ring (bicyclic) bond motifs is 1. The van der Waals surface area contributed by atoms with Crippen LogP contribution in [0, 0.1) is 0 Å². The molecule has 208 valence electrons. The van der Waals surface area contributed by atoms with E-state index in [-0.39, 0.29) is 12.2 Å². The van der Waals surface area contributed by atoms with Crippen LogP contribution in [-0.4, -0.2) is 90.0 Å². The fraction of sp³-hybridized carbons (Fsp3) is 0.667. The Bertz CT molecular complexity index is 1180. The summed E-state index contributed by atoms with van der Waals surface area (Å²) in [6, 6.07) is 2.56. The number of piperazine rings is 1. The molecule has 2 aliphatic heterocycles. The van der Waals surface area contributed by atoms with E-state index in [9.17, 15) is 4.79 Å². The van der Waals surface area contributed by atoms with Gasteiger partial charge in [-0.05, 0) is 88.5 Å². The minimum atomic E-state index is -0.530. The first-order chi connectivity index (χ1) is 18.1. The van der Waals surface area contributed by atoms with Crippen LogP contribution in [0.25, 0.3) is 10.9 Å². The van der Waals surface area contributed by atoms with Crippen molar-refractivity contribution in [2.24, 2.45) is 0 Å². The standard InChI is InChI=1S/C27H37BrClN5O4/c1-27(2,3)38-26(35)34-13-11-33(12-14-34)24-19-15-20(29)21(28)23(37-18-8-5-9-18)22(19)30-25(31-24)36-16-17-7-6-10-32(17)4/h15,17-18H,5-14,16H2,1-4H3/t17-/m0/s1. The maximum atomic E-state index is 12.6. The molecule has 0 spiro atoms. The number of anilines is 1. The Labute approximate surface area is 237 Å². The van der Waals surface area contributed by atoms with Crippen molar-refractivity contribution in [3.8, 4) is 11.8 Å². The second kappa shape index (κ2) is 11.2. The van der Waals surface area contributed by atoms with Gasteiger partial charge in [-0.3, -0.25) is 0 Å². The molecule has 11 heteroatoms. The van der Waals surface area contributed by atoms with Gasteiger partial charge < -0.3 is 28.9 Å². The number of likely N-dealkylation sites (tertiary alicyclic amines) is 1. The number of rotatable bonds is 6. The molecule has 0 bridgehead atoms. The number of benzene rings is 1. The third-order valence-electron chi connectivity index (χ3n) is 7.44. The Morgan fingerprint density at radius 3 is 2.45 bits per heavy atom. The van der Waals surface area contributed by atoms with Gasteiger partial charge in [0.25, 0.3) is 0 Å². The van der Waals surface area contributed by atoms with Crippen LogP contribution in [0.3, 0.4) is 0 Å². The third kappa shape index (κ3) is 6.07. The molecule has 0 N–H and O–H groups in total. The Balaban J connectivity index is 1.45. The lowest BCUT2D eigenvalue weighted by molar-refractivity contribution is 0.0240. The van der Waals surface area contributed by atoms with Crippen molar-refractivity contribution < 1.29 is 19.0 Å². The molecular weight excluding hydrogens is 574 g/mol. The van der Waals surface area contributed by atoms with Crippen LogP contribution in [0.15, 0.2) is 10.5 Å². The van der Waals surface area contributed by atoms with Gasteiger partial charge in [0.15, 0.2) is 5.75 Å². The molecule has 3 aliphatic rings. The zero-order valence-electron chi connectivity index (χ0n) is 22.6. The summed E-state index contributed by atoms with van der Waals surface area (Å²) in [5.74, 6) is 1.37. The lowest BCUT2D eigenvalue weighted by atomic mass is 9.96. The molecule has 1 saturated carbocycles. The third-order valence-corrected chi connectivity index (χ3v) is 8.76. The highest BCUT2D eigenvalue weighted by molar-refractivity contribution is 9.10. The van der Waals surface area contributed by atoms with Crippen LogP contribution in [0.2, 0.25) is 5.02 Å². The minimum Gasteiger partial charge on any atom is -0.487 e. The van der Waals surface area contributed by atoms with Crippen LogP contribution in [0.5, 0.6) is 11.8 Å². The SMILES string of the molecule is CN1CCC[C@H]1COc1nc(N2CCN(C(=O)OC(C)(C)C)CC2)c2cc(Cl)c(Br)c(OC3CCC3)c2n1. The number of amides is 1. The molecule has 38 heavy (non-hydrogen) atoms. The van der Waals surface area contributed by atoms with Crippen molar-refractivity contribution >= 4 is 50.3 Å². The predicted molar refractivity (Wildman–Crippen MR) is 152 cm³/mol. The van der Waals surface area contributed by atoms with Crippen LogP contribution in [0.1, 0.15) is 52.9 Å². The second-order valence-electron chi connectivity index (χ2n) is 11.4. The van der Waals surface area contributed by atoms with E-state index in [2.05, 4.69) is 32.8 Å². The molecule has 2 aromatic rings. The summed E-state index contributed by atoms with van der Waals surface area (Å²) in [6.45, 7) is 9.49. The van der Waals surface area contributed by atoms with Gasteiger partial charge in [-0.1, -0.05) is 11.6 Å². The molecule has 5 rings (SSSR count). The summed E-state index contributed by atoms with van der Waals surface area (Å²) in [5, 5.41) is 1.36. The fourth-order valence-electron chi connectivity index (χ4n) is 5.00. The van der Waals surface area contributed by atoms with Gasteiger partial charge in [-0.2, -0.15) is 9.97 Å². The lowest BCUT2D eigenvalue weighted by Gasteiger charge is -2.36. The number of hydrogen-bond donors (Lipinski definition) is 0. The highest BCUT2D eigenvalue weighted by Gasteiger charge is 2.30. The summed E-state index contributed by atoms with van der Waals surface area (Å²) >= 11 is 10.3. The van der Waals surface area contributed by atoms with Crippen LogP contribution < -0.4 is 14.4 Å². The zero-order valence-corrected chi connectivity index (χ0v) is 25.0. The number of halogens is 2. The fourth-order valence-corrected chi connectivity index (χ4v) is 5.59. The zero-order chi connectivity index (χ0) is 27.0. The van der Waals surface area contributed by atoms with Crippen molar-refractivity contribution in [3.63, 3.8) is 0 Å². The number of carbonyl (C=O) groups is 1. The van der Waals surface area contributed by atoms with Crippen molar-refractivity contribution in [3.05, 3.63) is 15.6 Å². The maximum Gasteiger partial charge on any atom is 0.410 e. The average Bonchev–Trinajstić information content (AvgIpc) is 3.25. The smallest absolute Gasteiger partial charge is 0.410 e. The first kappa shape index (κ1) is 27.5. The van der Waals surface area contributed by atoms with E-state index in [1.807, 2.05) is 26.8 Å². The first-order valence-electron chi connectivity index (χ1n) is 13.5. The van der Waals surface area contributed by atoms with Gasteiger partial charge in [0.2, 0.25) is 0 Å². The summed E-state index contributed by atoms with van der Waals surface area (Å²) in [6.07, 6.45) is 5.32. The van der Waals surface area contributed by atoms with Crippen molar-refractivity contribution in [2.75, 3.05) is 51.3 Å². The summed E-state index contributed by atoms with van der Waals surface area (Å²) in [7, 11) is 2.13. The van der Waals surface area contributed by atoms with E-state index in [4.69, 9.17) is 35.8 Å². The van der Waals surface area contributed by atoms with E-state index in [0.717, 1.165) is 43.4 Å². The molecule has 3 fully saturated rings. The number of likely N-dealkylation sites (N-methyl/N-ethyl adjacent to an activating group) is 1. The van der Waals surface area contributed by atoms with Gasteiger partial charge in [0.1, 0.15) is 23.5 Å². The number of ether oxygens (including phenoxy) is 3. The highest BCUT2D eigenvalue weighted by Crippen LogP contribution is 2.43. The molecule has 3 heterocycles. The minimum absolute atomic E-state index is 0.153. The molecule has 2 saturated heterocycles. The van der Waals surface area contributed by atoms with Crippen molar-refractivity contribution in [1.82, 2.24) is 19.8 Å². The Morgan fingerprint density at radius 1 is 1.11 bits per heavy atom. The molecule has 1 aromatic heterocycles. The molecule has 0 radical (unpaired) electrons. The monoisotopic (exact) mass is 609 g/mol. The second-order valence-corrected chi connectivity index (χ2v) is 12.6. The van der Waals surface area contributed by atoms with Gasteiger partial charge in [-0.25, -0.2) is 4.79 Å². The van der Waals surface area contributed by atoms with Crippen LogP contribution >= 0.6 is 27.5 Å². The Kier molecular flexibility index (Phi) is 8.12. The summed E-state index contributed by atoms with van der Waals surface area (Å²) in [4.78, 5) is 28.6. The number of aromatic nitrogens is 2. The van der Waals surface area contributed by atoms with E-state index in [1.54, 1.807) is 4.90 Å². The lowest BCUT2D eigenvalue weighted by Crippen LogP contribution is -2.50. The highest BCUT2D eigenvalue weighted by atomic mass is 79.9. The summed E-state index contributed by atoms with van der Waals surface area (Å²) in [5.41, 5.74) is 0.153. The van der Waals surface area contributed by atoms with E-state index >= 15 is 0 Å². The van der Waals surface area contributed by atoms with E-state index < -0.39 is 5.60 Å². The van der Waals surface area contributed by atoms with Crippen LogP contribution in [-0.2, 0) is 4.74 Å². The largest absolute Gasteiger partial charge is 0.487 e. The maximum absolute atomic E-state index is 12.6.